The van der Waals surface area contributed by atoms with E-state index in [0.29, 0.717) is 0 Å². The highest BCUT2D eigenvalue weighted by Gasteiger charge is 2.33. The van der Waals surface area contributed by atoms with E-state index >= 15 is 0 Å². The van der Waals surface area contributed by atoms with Crippen LogP contribution in [0.5, 0.6) is 0 Å². The van der Waals surface area contributed by atoms with Gasteiger partial charge in [0.1, 0.15) is 5.82 Å². The van der Waals surface area contributed by atoms with Crippen molar-refractivity contribution in [1.82, 2.24) is 0 Å². The van der Waals surface area contributed by atoms with E-state index in [1.54, 1.807) is 0 Å². The van der Waals surface area contributed by atoms with Crippen molar-refractivity contribution in [3.63, 3.8) is 0 Å². The molecule has 1 nitrogen and oxygen atoms in total. The summed E-state index contributed by atoms with van der Waals surface area (Å²) in [7, 11) is 0. The van der Waals surface area contributed by atoms with Crippen molar-refractivity contribution >= 4 is 0 Å². The quantitative estimate of drug-likeness (QED) is 0.802. The number of hydrogen-bond acceptors (Lipinski definition) is 1. The van der Waals surface area contributed by atoms with Gasteiger partial charge in [-0.25, -0.2) is 13.2 Å². The van der Waals surface area contributed by atoms with Gasteiger partial charge in [-0.1, -0.05) is 18.2 Å². The van der Waals surface area contributed by atoms with Crippen molar-refractivity contribution in [2.24, 2.45) is 0 Å². The van der Waals surface area contributed by atoms with E-state index in [1.807, 2.05) is 0 Å². The third kappa shape index (κ3) is 2.07. The molecule has 0 amide bonds. The average Bonchev–Trinajstić information content (AvgIpc) is 2.09. The fourth-order valence-corrected chi connectivity index (χ4v) is 1.20. The van der Waals surface area contributed by atoms with Crippen LogP contribution in [-0.2, 0) is 5.92 Å². The number of benzene rings is 1. The summed E-state index contributed by atoms with van der Waals surface area (Å²) in [5, 5.41) is 8.42. The molecule has 0 saturated heterocycles. The summed E-state index contributed by atoms with van der Waals surface area (Å²) >= 11 is 0. The Morgan fingerprint density at radius 3 is 2.57 bits per heavy atom. The highest BCUT2D eigenvalue weighted by molar-refractivity contribution is 5.28. The molecule has 0 aliphatic carbocycles. The van der Waals surface area contributed by atoms with E-state index < -0.39 is 30.3 Å². The number of aliphatic hydroxyl groups excluding tert-OH is 1. The zero-order chi connectivity index (χ0) is 10.8. The summed E-state index contributed by atoms with van der Waals surface area (Å²) in [6.07, 6.45) is -0.757. The predicted octanol–water partition coefficient (Wildman–Crippen LogP) is 2.61. The third-order valence-corrected chi connectivity index (χ3v) is 2.01. The number of aryl methyl sites for hydroxylation is 1. The Hall–Kier alpha value is -1.03. The lowest BCUT2D eigenvalue weighted by atomic mass is 10.0. The van der Waals surface area contributed by atoms with Crippen LogP contribution in [-0.4, -0.2) is 11.7 Å². The second-order valence-electron chi connectivity index (χ2n) is 3.11. The molecule has 0 atom stereocenters. The highest BCUT2D eigenvalue weighted by Crippen LogP contribution is 2.33. The van der Waals surface area contributed by atoms with Gasteiger partial charge in [-0.3, -0.25) is 0 Å². The molecule has 1 rings (SSSR count). The van der Waals surface area contributed by atoms with Gasteiger partial charge in [-0.2, -0.15) is 0 Å². The summed E-state index contributed by atoms with van der Waals surface area (Å²) in [6.45, 7) is 0.758. The molecule has 0 heterocycles. The molecular formula is C10H11F3O. The maximum Gasteiger partial charge on any atom is 0.278 e. The summed E-state index contributed by atoms with van der Waals surface area (Å²) in [4.78, 5) is 0. The minimum Gasteiger partial charge on any atom is -0.396 e. The lowest BCUT2D eigenvalue weighted by molar-refractivity contribution is -0.0300. The zero-order valence-electron chi connectivity index (χ0n) is 7.73. The Kier molecular flexibility index (Phi) is 3.16. The van der Waals surface area contributed by atoms with Crippen molar-refractivity contribution in [3.05, 3.63) is 35.1 Å². The molecule has 1 aromatic carbocycles. The van der Waals surface area contributed by atoms with Crippen LogP contribution in [0, 0.1) is 12.7 Å². The van der Waals surface area contributed by atoms with E-state index in [2.05, 4.69) is 0 Å². The molecule has 0 aliphatic rings. The molecule has 1 N–H and O–H groups in total. The smallest absolute Gasteiger partial charge is 0.278 e. The Balaban J connectivity index is 3.12. The van der Waals surface area contributed by atoms with Gasteiger partial charge in [0.05, 0.1) is 5.56 Å². The van der Waals surface area contributed by atoms with Crippen LogP contribution < -0.4 is 0 Å². The fraction of sp³-hybridized carbons (Fsp3) is 0.400. The summed E-state index contributed by atoms with van der Waals surface area (Å²) in [5.41, 5.74) is -0.466. The van der Waals surface area contributed by atoms with E-state index in [9.17, 15) is 13.2 Å². The highest BCUT2D eigenvalue weighted by atomic mass is 19.3. The molecule has 0 radical (unpaired) electrons. The lowest BCUT2D eigenvalue weighted by Gasteiger charge is -2.16. The Morgan fingerprint density at radius 1 is 1.36 bits per heavy atom. The van der Waals surface area contributed by atoms with Crippen molar-refractivity contribution in [2.75, 3.05) is 6.61 Å². The Morgan fingerprint density at radius 2 is 2.00 bits per heavy atom. The van der Waals surface area contributed by atoms with Crippen LogP contribution in [0.15, 0.2) is 18.2 Å². The molecule has 0 unspecified atom stereocenters. The maximum atomic E-state index is 13.3. The summed E-state index contributed by atoms with van der Waals surface area (Å²) < 4.78 is 39.7. The molecule has 0 saturated carbocycles. The molecule has 0 fully saturated rings. The lowest BCUT2D eigenvalue weighted by Crippen LogP contribution is -2.17. The monoisotopic (exact) mass is 204 g/mol. The van der Waals surface area contributed by atoms with Crippen LogP contribution in [0.3, 0.4) is 0 Å². The first-order valence-electron chi connectivity index (χ1n) is 4.23. The molecule has 1 aromatic rings. The largest absolute Gasteiger partial charge is 0.396 e. The minimum atomic E-state index is -3.30. The maximum absolute atomic E-state index is 13.3. The second kappa shape index (κ2) is 4.00. The van der Waals surface area contributed by atoms with Crippen molar-refractivity contribution in [1.29, 1.82) is 0 Å². The van der Waals surface area contributed by atoms with Crippen molar-refractivity contribution < 1.29 is 18.3 Å². The van der Waals surface area contributed by atoms with Crippen LogP contribution in [0.4, 0.5) is 13.2 Å². The molecule has 0 bridgehead atoms. The molecule has 14 heavy (non-hydrogen) atoms. The Labute approximate surface area is 80.2 Å². The van der Waals surface area contributed by atoms with E-state index in [4.69, 9.17) is 5.11 Å². The van der Waals surface area contributed by atoms with Gasteiger partial charge in [-0.15, -0.1) is 0 Å². The molecule has 4 heteroatoms. The van der Waals surface area contributed by atoms with Gasteiger partial charge in [0, 0.05) is 13.0 Å². The predicted molar refractivity (Wildman–Crippen MR) is 46.7 cm³/mol. The van der Waals surface area contributed by atoms with Crippen molar-refractivity contribution in [2.45, 2.75) is 19.3 Å². The molecular weight excluding hydrogens is 193 g/mol. The molecule has 0 aliphatic heterocycles. The SMILES string of the molecule is Cc1cccc(C(F)(F)CCO)c1F. The first-order chi connectivity index (χ1) is 6.49. The van der Waals surface area contributed by atoms with Gasteiger partial charge in [0.25, 0.3) is 5.92 Å². The number of halogens is 3. The topological polar surface area (TPSA) is 20.2 Å². The summed E-state index contributed by atoms with van der Waals surface area (Å²) in [5.74, 6) is -4.20. The van der Waals surface area contributed by atoms with E-state index in [-0.39, 0.29) is 5.56 Å². The van der Waals surface area contributed by atoms with Crippen LogP contribution in [0.1, 0.15) is 17.5 Å². The summed E-state index contributed by atoms with van der Waals surface area (Å²) in [6, 6.07) is 3.84. The van der Waals surface area contributed by atoms with Crippen molar-refractivity contribution in [3.8, 4) is 0 Å². The van der Waals surface area contributed by atoms with Gasteiger partial charge >= 0.3 is 0 Å². The zero-order valence-corrected chi connectivity index (χ0v) is 7.73. The number of hydrogen-bond donors (Lipinski definition) is 1. The second-order valence-corrected chi connectivity index (χ2v) is 3.11. The molecule has 78 valence electrons. The number of rotatable bonds is 3. The van der Waals surface area contributed by atoms with E-state index in [1.165, 1.54) is 19.1 Å². The van der Waals surface area contributed by atoms with Gasteiger partial charge in [-0.05, 0) is 12.5 Å². The molecule has 0 spiro atoms. The normalized spacial score (nSPS) is 11.8. The first kappa shape index (κ1) is 11.0. The molecule has 0 aromatic heterocycles. The average molecular weight is 204 g/mol. The van der Waals surface area contributed by atoms with Crippen LogP contribution in [0.25, 0.3) is 0 Å². The van der Waals surface area contributed by atoms with Gasteiger partial charge in [0.15, 0.2) is 0 Å². The van der Waals surface area contributed by atoms with Crippen LogP contribution >= 0.6 is 0 Å². The number of alkyl halides is 2. The van der Waals surface area contributed by atoms with Gasteiger partial charge < -0.3 is 5.11 Å². The first-order valence-corrected chi connectivity index (χ1v) is 4.23. The number of aliphatic hydroxyl groups is 1. The van der Waals surface area contributed by atoms with E-state index in [0.717, 1.165) is 6.07 Å². The minimum absolute atomic E-state index is 0.181. The van der Waals surface area contributed by atoms with Crippen LogP contribution in [0.2, 0.25) is 0 Å². The fourth-order valence-electron chi connectivity index (χ4n) is 1.20. The van der Waals surface area contributed by atoms with Gasteiger partial charge in [0.2, 0.25) is 0 Å². The standard InChI is InChI=1S/C10H11F3O/c1-7-3-2-4-8(9(7)11)10(12,13)5-6-14/h2-4,14H,5-6H2,1H3. The third-order valence-electron chi connectivity index (χ3n) is 2.01. The Bertz CT molecular complexity index is 323.